The standard InChI is InChI=1S/C14H18O3S/c1-2-17-14(16)13(15)10-6-7-11-18-12-8-4-3-5-9-12/h3-5,8-9H,2,6-7,10-11H2,1H3. The Morgan fingerprint density at radius 2 is 1.89 bits per heavy atom. The summed E-state index contributed by atoms with van der Waals surface area (Å²) >= 11 is 1.76. The highest BCUT2D eigenvalue weighted by Crippen LogP contribution is 2.18. The van der Waals surface area contributed by atoms with Crippen molar-refractivity contribution in [1.82, 2.24) is 0 Å². The van der Waals surface area contributed by atoms with Crippen LogP contribution in [0.3, 0.4) is 0 Å². The number of benzene rings is 1. The molecule has 3 nitrogen and oxygen atoms in total. The summed E-state index contributed by atoms with van der Waals surface area (Å²) in [5, 5.41) is 0. The van der Waals surface area contributed by atoms with Crippen molar-refractivity contribution < 1.29 is 14.3 Å². The first-order chi connectivity index (χ1) is 8.74. The highest BCUT2D eigenvalue weighted by atomic mass is 32.2. The Kier molecular flexibility index (Phi) is 7.18. The third-order valence-electron chi connectivity index (χ3n) is 2.31. The number of carbonyl (C=O) groups is 2. The smallest absolute Gasteiger partial charge is 0.374 e. The maximum absolute atomic E-state index is 11.3. The molecule has 0 bridgehead atoms. The molecule has 1 rings (SSSR count). The molecule has 18 heavy (non-hydrogen) atoms. The molecule has 0 amide bonds. The normalized spacial score (nSPS) is 10.1. The van der Waals surface area contributed by atoms with Crippen LogP contribution in [0.25, 0.3) is 0 Å². The fraction of sp³-hybridized carbons (Fsp3) is 0.429. The first kappa shape index (κ1) is 14.8. The Balaban J connectivity index is 2.09. The van der Waals surface area contributed by atoms with Gasteiger partial charge in [-0.15, -0.1) is 11.8 Å². The molecule has 1 aromatic rings. The average molecular weight is 266 g/mol. The highest BCUT2D eigenvalue weighted by molar-refractivity contribution is 7.99. The molecule has 1 aromatic carbocycles. The lowest BCUT2D eigenvalue weighted by Crippen LogP contribution is -2.16. The number of ether oxygens (including phenoxy) is 1. The Morgan fingerprint density at radius 3 is 2.56 bits per heavy atom. The minimum Gasteiger partial charge on any atom is -0.460 e. The second-order valence-electron chi connectivity index (χ2n) is 3.76. The van der Waals surface area contributed by atoms with Crippen molar-refractivity contribution in [2.24, 2.45) is 0 Å². The van der Waals surface area contributed by atoms with E-state index in [0.717, 1.165) is 18.6 Å². The number of esters is 1. The Bertz CT molecular complexity index is 376. The molecule has 0 spiro atoms. The lowest BCUT2D eigenvalue weighted by molar-refractivity contribution is -0.153. The second-order valence-corrected chi connectivity index (χ2v) is 4.93. The lowest BCUT2D eigenvalue weighted by Gasteiger charge is -2.02. The average Bonchev–Trinajstić information content (AvgIpc) is 2.39. The van der Waals surface area contributed by atoms with E-state index in [1.54, 1.807) is 18.7 Å². The molecule has 0 aliphatic heterocycles. The minimum absolute atomic E-state index is 0.258. The van der Waals surface area contributed by atoms with Crippen LogP contribution in [0, 0.1) is 0 Å². The second kappa shape index (κ2) is 8.75. The zero-order chi connectivity index (χ0) is 13.2. The van der Waals surface area contributed by atoms with Gasteiger partial charge in [0.15, 0.2) is 0 Å². The van der Waals surface area contributed by atoms with E-state index >= 15 is 0 Å². The molecule has 0 fully saturated rings. The van der Waals surface area contributed by atoms with Crippen LogP contribution in [0.1, 0.15) is 26.2 Å². The summed E-state index contributed by atoms with van der Waals surface area (Å²) < 4.78 is 4.64. The Morgan fingerprint density at radius 1 is 1.17 bits per heavy atom. The van der Waals surface area contributed by atoms with Gasteiger partial charge in [0.1, 0.15) is 0 Å². The largest absolute Gasteiger partial charge is 0.460 e. The van der Waals surface area contributed by atoms with Crippen molar-refractivity contribution in [3.63, 3.8) is 0 Å². The van der Waals surface area contributed by atoms with Gasteiger partial charge in [0.05, 0.1) is 6.61 Å². The van der Waals surface area contributed by atoms with E-state index in [9.17, 15) is 9.59 Å². The number of unbranched alkanes of at least 4 members (excludes halogenated alkanes) is 1. The van der Waals surface area contributed by atoms with Crippen molar-refractivity contribution in [1.29, 1.82) is 0 Å². The molecule has 0 unspecified atom stereocenters. The Hall–Kier alpha value is -1.29. The number of rotatable bonds is 8. The summed E-state index contributed by atoms with van der Waals surface area (Å²) in [6, 6.07) is 10.1. The van der Waals surface area contributed by atoms with Crippen LogP contribution in [0.2, 0.25) is 0 Å². The maximum Gasteiger partial charge on any atom is 0.374 e. The number of thioether (sulfide) groups is 1. The van der Waals surface area contributed by atoms with E-state index in [1.807, 2.05) is 18.2 Å². The third kappa shape index (κ3) is 5.87. The molecule has 0 aliphatic rings. The van der Waals surface area contributed by atoms with E-state index in [-0.39, 0.29) is 13.0 Å². The van der Waals surface area contributed by atoms with Gasteiger partial charge < -0.3 is 4.74 Å². The van der Waals surface area contributed by atoms with Crippen molar-refractivity contribution in [2.45, 2.75) is 31.1 Å². The van der Waals surface area contributed by atoms with E-state index < -0.39 is 11.8 Å². The fourth-order valence-electron chi connectivity index (χ4n) is 1.41. The highest BCUT2D eigenvalue weighted by Gasteiger charge is 2.13. The SMILES string of the molecule is CCOC(=O)C(=O)CCCCSc1ccccc1. The van der Waals surface area contributed by atoms with Gasteiger partial charge in [-0.25, -0.2) is 4.79 Å². The van der Waals surface area contributed by atoms with Crippen molar-refractivity contribution in [2.75, 3.05) is 12.4 Å². The van der Waals surface area contributed by atoms with E-state index in [4.69, 9.17) is 0 Å². The van der Waals surface area contributed by atoms with Gasteiger partial charge in [-0.05, 0) is 37.7 Å². The summed E-state index contributed by atoms with van der Waals surface area (Å²) in [6.07, 6.45) is 1.94. The summed E-state index contributed by atoms with van der Waals surface area (Å²) in [5.41, 5.74) is 0. The number of hydrogen-bond donors (Lipinski definition) is 0. The van der Waals surface area contributed by atoms with Crippen LogP contribution < -0.4 is 0 Å². The summed E-state index contributed by atoms with van der Waals surface area (Å²) in [6.45, 7) is 1.95. The third-order valence-corrected chi connectivity index (χ3v) is 3.41. The predicted octanol–water partition coefficient (Wildman–Crippen LogP) is 3.08. The van der Waals surface area contributed by atoms with Gasteiger partial charge in [-0.2, -0.15) is 0 Å². The summed E-state index contributed by atoms with van der Waals surface area (Å²) in [4.78, 5) is 23.6. The molecule has 98 valence electrons. The topological polar surface area (TPSA) is 43.4 Å². The zero-order valence-electron chi connectivity index (χ0n) is 10.6. The molecular formula is C14H18O3S. The van der Waals surface area contributed by atoms with E-state index in [0.29, 0.717) is 0 Å². The van der Waals surface area contributed by atoms with E-state index in [2.05, 4.69) is 16.9 Å². The molecule has 0 aromatic heterocycles. The number of hydrogen-bond acceptors (Lipinski definition) is 4. The van der Waals surface area contributed by atoms with Gasteiger partial charge in [0, 0.05) is 11.3 Å². The predicted molar refractivity (Wildman–Crippen MR) is 72.7 cm³/mol. The molecule has 0 saturated carbocycles. The van der Waals surface area contributed by atoms with Gasteiger partial charge in [0.2, 0.25) is 5.78 Å². The fourth-order valence-corrected chi connectivity index (χ4v) is 2.34. The number of Topliss-reactive ketones (excluding diaryl/α,β-unsaturated/α-hetero) is 1. The lowest BCUT2D eigenvalue weighted by atomic mass is 10.2. The van der Waals surface area contributed by atoms with Crippen molar-refractivity contribution >= 4 is 23.5 Å². The number of ketones is 1. The molecule has 0 heterocycles. The molecule has 0 aliphatic carbocycles. The van der Waals surface area contributed by atoms with E-state index in [1.165, 1.54) is 4.90 Å². The van der Waals surface area contributed by atoms with Crippen LogP contribution in [0.4, 0.5) is 0 Å². The van der Waals surface area contributed by atoms with Crippen LogP contribution in [-0.2, 0) is 14.3 Å². The monoisotopic (exact) mass is 266 g/mol. The molecule has 0 radical (unpaired) electrons. The molecular weight excluding hydrogens is 248 g/mol. The minimum atomic E-state index is -0.701. The summed E-state index contributed by atoms with van der Waals surface area (Å²) in [5.74, 6) is -0.157. The summed E-state index contributed by atoms with van der Waals surface area (Å²) in [7, 11) is 0. The van der Waals surface area contributed by atoms with Crippen LogP contribution in [-0.4, -0.2) is 24.1 Å². The molecule has 4 heteroatoms. The quantitative estimate of drug-likeness (QED) is 0.314. The van der Waals surface area contributed by atoms with Crippen LogP contribution in [0.15, 0.2) is 35.2 Å². The number of carbonyl (C=O) groups excluding carboxylic acids is 2. The zero-order valence-corrected chi connectivity index (χ0v) is 11.4. The maximum atomic E-state index is 11.3. The van der Waals surface area contributed by atoms with Crippen molar-refractivity contribution in [3.8, 4) is 0 Å². The Labute approximate surface area is 112 Å². The molecule has 0 saturated heterocycles. The van der Waals surface area contributed by atoms with Crippen LogP contribution >= 0.6 is 11.8 Å². The van der Waals surface area contributed by atoms with Gasteiger partial charge in [-0.1, -0.05) is 18.2 Å². The van der Waals surface area contributed by atoms with Crippen LogP contribution in [0.5, 0.6) is 0 Å². The van der Waals surface area contributed by atoms with Gasteiger partial charge in [0.25, 0.3) is 0 Å². The first-order valence-corrected chi connectivity index (χ1v) is 7.10. The van der Waals surface area contributed by atoms with Crippen molar-refractivity contribution in [3.05, 3.63) is 30.3 Å². The molecule has 0 N–H and O–H groups in total. The first-order valence-electron chi connectivity index (χ1n) is 6.12. The van der Waals surface area contributed by atoms with Gasteiger partial charge in [-0.3, -0.25) is 4.79 Å². The van der Waals surface area contributed by atoms with Gasteiger partial charge >= 0.3 is 5.97 Å². The molecule has 0 atom stereocenters.